The summed E-state index contributed by atoms with van der Waals surface area (Å²) in [6.07, 6.45) is -5.69. The average Bonchev–Trinajstić information content (AvgIpc) is 3.18. The number of carbonyl (C=O) groups is 5. The predicted octanol–water partition coefficient (Wildman–Crippen LogP) is 0.496. The van der Waals surface area contributed by atoms with Crippen LogP contribution < -0.4 is 15.4 Å². The van der Waals surface area contributed by atoms with Crippen LogP contribution in [0.1, 0.15) is 81.0 Å². The first-order valence-corrected chi connectivity index (χ1v) is 18.3. The number of aryl methyl sites for hydroxylation is 1. The van der Waals surface area contributed by atoms with Crippen molar-refractivity contribution in [2.45, 2.75) is 68.7 Å². The van der Waals surface area contributed by atoms with E-state index in [0.29, 0.717) is 11.3 Å². The van der Waals surface area contributed by atoms with E-state index in [-0.39, 0.29) is 23.2 Å². The summed E-state index contributed by atoms with van der Waals surface area (Å²) < 4.78 is 21.9. The average molecular weight is 803 g/mol. The normalized spacial score (nSPS) is 28.8. The van der Waals surface area contributed by atoms with Gasteiger partial charge in [-0.05, 0) is 48.7 Å². The van der Waals surface area contributed by atoms with E-state index in [2.05, 4.69) is 10.6 Å². The Bertz CT molecular complexity index is 2300. The highest BCUT2D eigenvalue weighted by molar-refractivity contribution is 6.31. The van der Waals surface area contributed by atoms with Crippen LogP contribution in [0, 0.1) is 12.8 Å². The van der Waals surface area contributed by atoms with Gasteiger partial charge in [0.1, 0.15) is 29.6 Å². The number of allylic oxidation sites excluding steroid dienone is 2. The molecule has 1 amide bonds. The van der Waals surface area contributed by atoms with E-state index in [4.69, 9.17) is 18.9 Å². The van der Waals surface area contributed by atoms with E-state index >= 15 is 0 Å². The Balaban J connectivity index is 1.31. The SMILES string of the molecule is COc1ccc(CNC(=O)c2c(C)cc3c(c2O)[C@]2(O)C(=O)c4cc5c(c(O)c4C(=O)[C@]2(OC)[C@H](O)C3)C(=O)C=C(NC2O[C@@H](C)[C@H](OC)[C@@H](O)C2CO)C5=O)cc1. The molecule has 17 nitrogen and oxygen atoms in total. The molecule has 2 unspecified atom stereocenters. The molecular weight excluding hydrogens is 760 g/mol. The molecular formula is C41H42N2O15. The maximum Gasteiger partial charge on any atom is 0.255 e. The molecule has 0 saturated carbocycles. The summed E-state index contributed by atoms with van der Waals surface area (Å²) >= 11 is 0. The number of methoxy groups -OCH3 is 3. The van der Waals surface area contributed by atoms with Crippen LogP contribution >= 0.6 is 0 Å². The van der Waals surface area contributed by atoms with Crippen LogP contribution in [0.2, 0.25) is 0 Å². The zero-order valence-electron chi connectivity index (χ0n) is 32.0. The molecule has 306 valence electrons. The Hall–Kier alpha value is -5.53. The van der Waals surface area contributed by atoms with Crippen molar-refractivity contribution in [1.29, 1.82) is 0 Å². The number of ether oxygens (including phenoxy) is 4. The van der Waals surface area contributed by atoms with Gasteiger partial charge in [-0.15, -0.1) is 0 Å². The number of aliphatic hydroxyl groups is 4. The fourth-order valence-corrected chi connectivity index (χ4v) is 8.84. The fraction of sp³-hybridized carbons (Fsp3) is 0.390. The molecule has 1 heterocycles. The summed E-state index contributed by atoms with van der Waals surface area (Å²) in [5.41, 5.74) is -9.52. The van der Waals surface area contributed by atoms with Crippen LogP contribution in [0.25, 0.3) is 0 Å². The maximum absolute atomic E-state index is 14.9. The topological polar surface area (TPSA) is 268 Å². The molecule has 3 aromatic carbocycles. The number of Topliss-reactive ketones (excluding diaryl/α,β-unsaturated/α-hetero) is 3. The Kier molecular flexibility index (Phi) is 10.3. The van der Waals surface area contributed by atoms with E-state index in [9.17, 15) is 54.6 Å². The highest BCUT2D eigenvalue weighted by Crippen LogP contribution is 2.56. The first-order valence-electron chi connectivity index (χ1n) is 18.3. The van der Waals surface area contributed by atoms with Crippen molar-refractivity contribution in [3.05, 3.63) is 98.2 Å². The van der Waals surface area contributed by atoms with Crippen molar-refractivity contribution >= 4 is 29.0 Å². The maximum atomic E-state index is 14.9. The second kappa shape index (κ2) is 14.7. The van der Waals surface area contributed by atoms with Crippen LogP contribution in [-0.2, 0) is 32.8 Å². The van der Waals surface area contributed by atoms with E-state index < -0.39 is 135 Å². The van der Waals surface area contributed by atoms with E-state index in [1.165, 1.54) is 27.2 Å². The lowest BCUT2D eigenvalue weighted by Crippen LogP contribution is -2.73. The molecule has 58 heavy (non-hydrogen) atoms. The number of aromatic hydroxyl groups is 2. The number of rotatable bonds is 9. The van der Waals surface area contributed by atoms with Gasteiger partial charge in [0.15, 0.2) is 17.0 Å². The van der Waals surface area contributed by atoms with E-state index in [1.54, 1.807) is 31.2 Å². The highest BCUT2D eigenvalue weighted by atomic mass is 16.6. The molecule has 0 spiro atoms. The summed E-state index contributed by atoms with van der Waals surface area (Å²) in [6, 6.07) is 9.00. The lowest BCUT2D eigenvalue weighted by Gasteiger charge is -2.53. The lowest BCUT2D eigenvalue weighted by molar-refractivity contribution is -0.214. The van der Waals surface area contributed by atoms with Gasteiger partial charge in [-0.3, -0.25) is 24.0 Å². The molecule has 3 aromatic rings. The molecule has 0 aromatic heterocycles. The molecule has 1 fully saturated rings. The molecule has 4 aliphatic rings. The van der Waals surface area contributed by atoms with Gasteiger partial charge in [-0.1, -0.05) is 18.2 Å². The fourth-order valence-electron chi connectivity index (χ4n) is 8.84. The number of amides is 1. The van der Waals surface area contributed by atoms with Gasteiger partial charge in [0, 0.05) is 50.0 Å². The quantitative estimate of drug-likeness (QED) is 0.146. The first-order chi connectivity index (χ1) is 27.5. The third kappa shape index (κ3) is 5.68. The number of carbonyl (C=O) groups excluding carboxylic acids is 5. The summed E-state index contributed by atoms with van der Waals surface area (Å²) in [5, 5.41) is 74.1. The largest absolute Gasteiger partial charge is 0.507 e. The van der Waals surface area contributed by atoms with Crippen LogP contribution in [0.4, 0.5) is 0 Å². The third-order valence-corrected chi connectivity index (χ3v) is 11.7. The molecule has 17 heteroatoms. The monoisotopic (exact) mass is 802 g/mol. The standard InChI is InChI=1S/C41H42N2O15/c1-16-10-19-11-26(46)41(57-5)37(52)29-22(36(51)40(41,54)30(19)34(50)27(16)38(53)42-14-18-6-8-20(55-3)9-7-18)12-21-28(33(29)49)25(45)13-24(31(21)47)43-39-23(15-44)32(48)35(56-4)17(2)58-39/h6-10,12-13,17,23,26,32,35,39,43-44,46,48-50,54H,11,14-15H2,1-5H3,(H,42,53)/t17-,23?,26+,32-,35-,39?,40-,41+/m0/s1. The molecule has 1 aliphatic heterocycles. The third-order valence-electron chi connectivity index (χ3n) is 11.7. The Labute approximate surface area is 330 Å². The van der Waals surface area contributed by atoms with Crippen LogP contribution in [0.15, 0.2) is 48.2 Å². The molecule has 3 aliphatic carbocycles. The van der Waals surface area contributed by atoms with Gasteiger partial charge < -0.3 is 60.2 Å². The first kappa shape index (κ1) is 40.7. The predicted molar refractivity (Wildman–Crippen MR) is 199 cm³/mol. The van der Waals surface area contributed by atoms with Gasteiger partial charge in [-0.25, -0.2) is 0 Å². The number of aliphatic hydroxyl groups excluding tert-OH is 3. The van der Waals surface area contributed by atoms with Crippen molar-refractivity contribution in [2.24, 2.45) is 5.92 Å². The number of hydrogen-bond donors (Lipinski definition) is 8. The molecule has 0 radical (unpaired) electrons. The van der Waals surface area contributed by atoms with Crippen molar-refractivity contribution < 1.29 is 73.6 Å². The van der Waals surface area contributed by atoms with Crippen molar-refractivity contribution in [1.82, 2.24) is 10.6 Å². The second-order valence-electron chi connectivity index (χ2n) is 14.8. The van der Waals surface area contributed by atoms with Crippen molar-refractivity contribution in [3.8, 4) is 17.2 Å². The van der Waals surface area contributed by atoms with Crippen LogP contribution in [-0.4, -0.2) is 124 Å². The molecule has 8 atom stereocenters. The van der Waals surface area contributed by atoms with Gasteiger partial charge >= 0.3 is 0 Å². The van der Waals surface area contributed by atoms with Gasteiger partial charge in [0.25, 0.3) is 5.91 Å². The molecule has 8 N–H and O–H groups in total. The van der Waals surface area contributed by atoms with Crippen LogP contribution in [0.5, 0.6) is 17.2 Å². The van der Waals surface area contributed by atoms with Gasteiger partial charge in [-0.2, -0.15) is 0 Å². The Morgan fingerprint density at radius 3 is 2.28 bits per heavy atom. The molecule has 1 saturated heterocycles. The van der Waals surface area contributed by atoms with Gasteiger partial charge in [0.05, 0.1) is 60.3 Å². The zero-order valence-corrected chi connectivity index (χ0v) is 32.0. The van der Waals surface area contributed by atoms with Crippen LogP contribution in [0.3, 0.4) is 0 Å². The number of fused-ring (bicyclic) bond motifs is 5. The second-order valence-corrected chi connectivity index (χ2v) is 14.8. The summed E-state index contributed by atoms with van der Waals surface area (Å²) in [7, 11) is 3.78. The minimum atomic E-state index is -3.27. The zero-order chi connectivity index (χ0) is 42.2. The number of nitrogens with one attached hydrogen (secondary N) is 2. The van der Waals surface area contributed by atoms with E-state index in [1.807, 2.05) is 0 Å². The summed E-state index contributed by atoms with van der Waals surface area (Å²) in [5.74, 6) is -7.97. The minimum Gasteiger partial charge on any atom is -0.507 e. The summed E-state index contributed by atoms with van der Waals surface area (Å²) in [6.45, 7) is 2.46. The number of benzene rings is 3. The Morgan fingerprint density at radius 1 is 0.966 bits per heavy atom. The number of hydrogen-bond acceptors (Lipinski definition) is 16. The number of phenols is 2. The minimum absolute atomic E-state index is 0.00217. The molecule has 0 bridgehead atoms. The number of phenolic OH excluding ortho intramolecular Hbond substituents is 2. The van der Waals surface area contributed by atoms with Crippen molar-refractivity contribution in [3.63, 3.8) is 0 Å². The van der Waals surface area contributed by atoms with Crippen molar-refractivity contribution in [2.75, 3.05) is 27.9 Å². The Morgan fingerprint density at radius 2 is 1.66 bits per heavy atom. The summed E-state index contributed by atoms with van der Waals surface area (Å²) in [4.78, 5) is 70.9. The lowest BCUT2D eigenvalue weighted by atomic mass is 9.56. The highest BCUT2D eigenvalue weighted by Gasteiger charge is 2.72. The molecule has 7 rings (SSSR count). The smallest absolute Gasteiger partial charge is 0.255 e. The number of ketones is 4. The van der Waals surface area contributed by atoms with E-state index in [0.717, 1.165) is 19.3 Å². The van der Waals surface area contributed by atoms with Gasteiger partial charge in [0.2, 0.25) is 17.3 Å².